The van der Waals surface area contributed by atoms with Crippen molar-refractivity contribution in [2.24, 2.45) is 0 Å². The maximum Gasteiger partial charge on any atom is 0.320 e. The number of carboxylic acid groups (broad SMARTS) is 1. The van der Waals surface area contributed by atoms with Crippen LogP contribution in [0.2, 0.25) is 5.02 Å². The highest BCUT2D eigenvalue weighted by atomic mass is 35.5. The van der Waals surface area contributed by atoms with Crippen molar-refractivity contribution in [3.8, 4) is 0 Å². The molecule has 1 saturated heterocycles. The first kappa shape index (κ1) is 15.3. The van der Waals surface area contributed by atoms with Crippen molar-refractivity contribution in [1.29, 1.82) is 0 Å². The predicted molar refractivity (Wildman–Crippen MR) is 80.1 cm³/mol. The number of carboxylic acids is 1. The summed E-state index contributed by atoms with van der Waals surface area (Å²) in [5.74, 6) is -0.749. The molecular weight excluding hydrogens is 276 g/mol. The number of hydrogen-bond acceptors (Lipinski definition) is 3. The van der Waals surface area contributed by atoms with Crippen LogP contribution in [0.5, 0.6) is 0 Å². The second kappa shape index (κ2) is 6.57. The van der Waals surface area contributed by atoms with Gasteiger partial charge in [-0.15, -0.1) is 0 Å². The molecule has 0 amide bonds. The molecule has 2 unspecified atom stereocenters. The third-order valence-corrected chi connectivity index (χ3v) is 4.37. The van der Waals surface area contributed by atoms with Gasteiger partial charge in [0.2, 0.25) is 0 Å². The van der Waals surface area contributed by atoms with Crippen LogP contribution in [0, 0.1) is 0 Å². The fourth-order valence-electron chi connectivity index (χ4n) is 2.65. The first-order valence-electron chi connectivity index (χ1n) is 6.95. The van der Waals surface area contributed by atoms with Crippen LogP contribution in [0.25, 0.3) is 0 Å². The zero-order valence-electron chi connectivity index (χ0n) is 11.9. The van der Waals surface area contributed by atoms with E-state index in [0.717, 1.165) is 31.2 Å². The van der Waals surface area contributed by atoms with E-state index < -0.39 is 12.0 Å². The van der Waals surface area contributed by atoms with E-state index >= 15 is 0 Å². The summed E-state index contributed by atoms with van der Waals surface area (Å²) >= 11 is 6.04. The van der Waals surface area contributed by atoms with Crippen molar-refractivity contribution in [2.45, 2.75) is 25.9 Å². The first-order chi connectivity index (χ1) is 9.49. The van der Waals surface area contributed by atoms with Gasteiger partial charge in [-0.05, 0) is 31.5 Å². The number of piperazine rings is 1. The summed E-state index contributed by atoms with van der Waals surface area (Å²) in [6, 6.07) is 7.83. The lowest BCUT2D eigenvalue weighted by molar-refractivity contribution is -0.143. The van der Waals surface area contributed by atoms with Gasteiger partial charge in [-0.2, -0.15) is 0 Å². The fraction of sp³-hybridized carbons (Fsp3) is 0.533. The molecule has 20 heavy (non-hydrogen) atoms. The summed E-state index contributed by atoms with van der Waals surface area (Å²) in [5.41, 5.74) is 1.21. The second-order valence-corrected chi connectivity index (χ2v) is 5.75. The number of aliphatic carboxylic acids is 1. The van der Waals surface area contributed by atoms with E-state index in [-0.39, 0.29) is 0 Å². The van der Waals surface area contributed by atoms with Crippen LogP contribution in [0.1, 0.15) is 25.5 Å². The van der Waals surface area contributed by atoms with Crippen LogP contribution in [0.3, 0.4) is 0 Å². The number of carbonyl (C=O) groups is 1. The Morgan fingerprint density at radius 3 is 2.35 bits per heavy atom. The lowest BCUT2D eigenvalue weighted by atomic mass is 10.1. The highest BCUT2D eigenvalue weighted by Gasteiger charge is 2.27. The normalized spacial score (nSPS) is 20.6. The zero-order valence-corrected chi connectivity index (χ0v) is 12.7. The second-order valence-electron chi connectivity index (χ2n) is 5.32. The summed E-state index contributed by atoms with van der Waals surface area (Å²) in [5, 5.41) is 9.80. The summed E-state index contributed by atoms with van der Waals surface area (Å²) in [6.45, 7) is 7.26. The molecule has 0 radical (unpaired) electrons. The van der Waals surface area contributed by atoms with E-state index in [2.05, 4.69) is 17.9 Å². The van der Waals surface area contributed by atoms with Crippen molar-refractivity contribution in [1.82, 2.24) is 9.80 Å². The van der Waals surface area contributed by atoms with Gasteiger partial charge in [-0.3, -0.25) is 14.6 Å². The minimum atomic E-state index is -0.749. The minimum Gasteiger partial charge on any atom is -0.480 e. The monoisotopic (exact) mass is 296 g/mol. The van der Waals surface area contributed by atoms with Crippen molar-refractivity contribution in [3.05, 3.63) is 34.9 Å². The molecule has 0 bridgehead atoms. The molecule has 2 atom stereocenters. The van der Waals surface area contributed by atoms with Crippen LogP contribution in [0.15, 0.2) is 24.3 Å². The first-order valence-corrected chi connectivity index (χ1v) is 7.33. The molecule has 2 rings (SSSR count). The molecule has 5 heteroatoms. The van der Waals surface area contributed by atoms with E-state index in [1.54, 1.807) is 6.92 Å². The van der Waals surface area contributed by atoms with Crippen LogP contribution in [0.4, 0.5) is 0 Å². The molecule has 0 spiro atoms. The lowest BCUT2D eigenvalue weighted by Gasteiger charge is -2.39. The van der Waals surface area contributed by atoms with Crippen LogP contribution in [-0.4, -0.2) is 53.1 Å². The molecule has 1 aromatic carbocycles. The third-order valence-electron chi connectivity index (χ3n) is 4.13. The van der Waals surface area contributed by atoms with E-state index in [0.29, 0.717) is 6.04 Å². The van der Waals surface area contributed by atoms with Gasteiger partial charge in [0.1, 0.15) is 6.04 Å². The molecule has 0 saturated carbocycles. The molecular formula is C15H21ClN2O2. The Bertz CT molecular complexity index is 473. The number of hydrogen-bond donors (Lipinski definition) is 1. The smallest absolute Gasteiger partial charge is 0.320 e. The van der Waals surface area contributed by atoms with Crippen molar-refractivity contribution in [3.63, 3.8) is 0 Å². The molecule has 1 aliphatic rings. The molecule has 1 heterocycles. The standard InChI is InChI=1S/C15H21ClN2O2/c1-11(13-4-3-5-14(16)10-13)17-6-8-18(9-7-17)12(2)15(19)20/h3-5,10-12H,6-9H2,1-2H3,(H,19,20). The highest BCUT2D eigenvalue weighted by molar-refractivity contribution is 6.30. The Balaban J connectivity index is 1.95. The Morgan fingerprint density at radius 1 is 1.20 bits per heavy atom. The molecule has 1 aromatic rings. The Morgan fingerprint density at radius 2 is 1.80 bits per heavy atom. The van der Waals surface area contributed by atoms with Crippen molar-refractivity contribution in [2.75, 3.05) is 26.2 Å². The molecule has 1 N–H and O–H groups in total. The third kappa shape index (κ3) is 3.51. The van der Waals surface area contributed by atoms with E-state index in [9.17, 15) is 4.79 Å². The molecule has 1 aliphatic heterocycles. The predicted octanol–water partition coefficient (Wildman–Crippen LogP) is 2.49. The summed E-state index contributed by atoms with van der Waals surface area (Å²) < 4.78 is 0. The highest BCUT2D eigenvalue weighted by Crippen LogP contribution is 2.24. The van der Waals surface area contributed by atoms with Gasteiger partial charge in [0.25, 0.3) is 0 Å². The topological polar surface area (TPSA) is 43.8 Å². The van der Waals surface area contributed by atoms with Gasteiger partial charge in [-0.1, -0.05) is 23.7 Å². The largest absolute Gasteiger partial charge is 0.480 e. The van der Waals surface area contributed by atoms with Gasteiger partial charge in [0.15, 0.2) is 0 Å². The van der Waals surface area contributed by atoms with E-state index in [1.165, 1.54) is 5.56 Å². The van der Waals surface area contributed by atoms with Crippen LogP contribution >= 0.6 is 11.6 Å². The molecule has 0 aliphatic carbocycles. The van der Waals surface area contributed by atoms with E-state index in [4.69, 9.17) is 16.7 Å². The number of rotatable bonds is 4. The summed E-state index contributed by atoms with van der Waals surface area (Å²) in [4.78, 5) is 15.4. The summed E-state index contributed by atoms with van der Waals surface area (Å²) in [7, 11) is 0. The molecule has 4 nitrogen and oxygen atoms in total. The zero-order chi connectivity index (χ0) is 14.7. The van der Waals surface area contributed by atoms with Crippen LogP contribution in [-0.2, 0) is 4.79 Å². The quantitative estimate of drug-likeness (QED) is 0.927. The molecule has 1 fully saturated rings. The Labute approximate surface area is 124 Å². The van der Waals surface area contributed by atoms with Gasteiger partial charge in [-0.25, -0.2) is 0 Å². The Hall–Kier alpha value is -1.10. The minimum absolute atomic E-state index is 0.302. The van der Waals surface area contributed by atoms with Crippen molar-refractivity contribution < 1.29 is 9.90 Å². The van der Waals surface area contributed by atoms with E-state index in [1.807, 2.05) is 23.1 Å². The van der Waals surface area contributed by atoms with Gasteiger partial charge in [0, 0.05) is 37.2 Å². The SMILES string of the molecule is CC(C(=O)O)N1CCN(C(C)c2cccc(Cl)c2)CC1. The number of benzene rings is 1. The molecule has 110 valence electrons. The number of nitrogens with zero attached hydrogens (tertiary/aromatic N) is 2. The fourth-order valence-corrected chi connectivity index (χ4v) is 2.84. The van der Waals surface area contributed by atoms with Gasteiger partial charge >= 0.3 is 5.97 Å². The lowest BCUT2D eigenvalue weighted by Crippen LogP contribution is -2.52. The van der Waals surface area contributed by atoms with Crippen LogP contribution < -0.4 is 0 Å². The maximum atomic E-state index is 11.0. The summed E-state index contributed by atoms with van der Waals surface area (Å²) in [6.07, 6.45) is 0. The maximum absolute atomic E-state index is 11.0. The Kier molecular flexibility index (Phi) is 5.02. The van der Waals surface area contributed by atoms with Gasteiger partial charge in [0.05, 0.1) is 0 Å². The average molecular weight is 297 g/mol. The molecule has 0 aromatic heterocycles. The average Bonchev–Trinajstić information content (AvgIpc) is 2.46. The van der Waals surface area contributed by atoms with Crippen molar-refractivity contribution >= 4 is 17.6 Å². The number of halogens is 1. The van der Waals surface area contributed by atoms with Gasteiger partial charge < -0.3 is 5.11 Å².